The summed E-state index contributed by atoms with van der Waals surface area (Å²) >= 11 is 0. The summed E-state index contributed by atoms with van der Waals surface area (Å²) in [5.74, 6) is -0.864. The van der Waals surface area contributed by atoms with Crippen LogP contribution in [0.3, 0.4) is 0 Å². The van der Waals surface area contributed by atoms with Crippen LogP contribution in [0.1, 0.15) is 16.8 Å². The minimum Gasteiger partial charge on any atom is -0.479 e. The molecule has 0 aliphatic heterocycles. The van der Waals surface area contributed by atoms with E-state index in [1.165, 1.54) is 0 Å². The summed E-state index contributed by atoms with van der Waals surface area (Å²) < 4.78 is 0. The van der Waals surface area contributed by atoms with Gasteiger partial charge >= 0.3 is 5.97 Å². The lowest BCUT2D eigenvalue weighted by Crippen LogP contribution is -2.13. The maximum Gasteiger partial charge on any atom is 0.332 e. The Morgan fingerprint density at radius 3 is 2.94 bits per heavy atom. The second kappa shape index (κ2) is 5.09. The van der Waals surface area contributed by atoms with Gasteiger partial charge in [-0.3, -0.25) is 4.84 Å². The highest BCUT2D eigenvalue weighted by Crippen LogP contribution is 2.17. The SMILES string of the molecule is Cc1cc(C)c(C#N)c(NOCC(=O)O)n1. The normalized spacial score (nSPS) is 9.56. The number of carbonyl (C=O) groups is 1. The van der Waals surface area contributed by atoms with Crippen molar-refractivity contribution < 1.29 is 14.7 Å². The topological polar surface area (TPSA) is 95.2 Å². The molecule has 0 atom stereocenters. The summed E-state index contributed by atoms with van der Waals surface area (Å²) in [5.41, 5.74) is 4.19. The minimum absolute atomic E-state index is 0.237. The van der Waals surface area contributed by atoms with Crippen molar-refractivity contribution in [2.75, 3.05) is 12.1 Å². The van der Waals surface area contributed by atoms with Crippen LogP contribution in [0, 0.1) is 25.2 Å². The Hall–Kier alpha value is -2.13. The largest absolute Gasteiger partial charge is 0.479 e. The lowest BCUT2D eigenvalue weighted by atomic mass is 10.1. The minimum atomic E-state index is -1.10. The van der Waals surface area contributed by atoms with Crippen molar-refractivity contribution in [3.63, 3.8) is 0 Å². The Balaban J connectivity index is 2.86. The molecule has 0 aliphatic rings. The molecule has 0 radical (unpaired) electrons. The number of aliphatic carboxylic acids is 1. The van der Waals surface area contributed by atoms with Crippen LogP contribution in [0.25, 0.3) is 0 Å². The predicted octanol–water partition coefficient (Wildman–Crippen LogP) is 0.998. The van der Waals surface area contributed by atoms with Crippen LogP contribution in [0.15, 0.2) is 6.07 Å². The van der Waals surface area contributed by atoms with Gasteiger partial charge < -0.3 is 5.11 Å². The van der Waals surface area contributed by atoms with Gasteiger partial charge in [-0.05, 0) is 25.5 Å². The van der Waals surface area contributed by atoms with Crippen LogP contribution >= 0.6 is 0 Å². The number of nitriles is 1. The monoisotopic (exact) mass is 221 g/mol. The van der Waals surface area contributed by atoms with Gasteiger partial charge in [0.1, 0.15) is 6.07 Å². The van der Waals surface area contributed by atoms with E-state index in [2.05, 4.69) is 15.3 Å². The van der Waals surface area contributed by atoms with E-state index in [9.17, 15) is 4.79 Å². The van der Waals surface area contributed by atoms with Crippen molar-refractivity contribution in [2.24, 2.45) is 0 Å². The van der Waals surface area contributed by atoms with Crippen molar-refractivity contribution in [2.45, 2.75) is 13.8 Å². The van der Waals surface area contributed by atoms with E-state index >= 15 is 0 Å². The first kappa shape index (κ1) is 11.9. The molecule has 16 heavy (non-hydrogen) atoms. The van der Waals surface area contributed by atoms with Gasteiger partial charge in [0, 0.05) is 5.69 Å². The number of aromatic nitrogens is 1. The Kier molecular flexibility index (Phi) is 3.80. The summed E-state index contributed by atoms with van der Waals surface area (Å²) in [5, 5.41) is 17.3. The van der Waals surface area contributed by atoms with E-state index < -0.39 is 12.6 Å². The highest BCUT2D eigenvalue weighted by Gasteiger charge is 2.08. The fraction of sp³-hybridized carbons (Fsp3) is 0.300. The lowest BCUT2D eigenvalue weighted by Gasteiger charge is -2.08. The second-order valence-electron chi connectivity index (χ2n) is 3.20. The Bertz CT molecular complexity index is 451. The zero-order chi connectivity index (χ0) is 12.1. The molecule has 0 saturated carbocycles. The molecule has 6 heteroatoms. The number of hydrogen-bond acceptors (Lipinski definition) is 5. The van der Waals surface area contributed by atoms with Gasteiger partial charge in [0.25, 0.3) is 0 Å². The highest BCUT2D eigenvalue weighted by atomic mass is 16.7. The third-order valence-corrected chi connectivity index (χ3v) is 1.82. The molecule has 0 bridgehead atoms. The molecule has 2 N–H and O–H groups in total. The number of carboxylic acid groups (broad SMARTS) is 1. The number of pyridine rings is 1. The number of nitrogens with one attached hydrogen (secondary N) is 1. The molecular weight excluding hydrogens is 210 g/mol. The third kappa shape index (κ3) is 2.93. The number of anilines is 1. The number of rotatable bonds is 4. The third-order valence-electron chi connectivity index (χ3n) is 1.82. The summed E-state index contributed by atoms with van der Waals surface area (Å²) in [4.78, 5) is 18.9. The quantitative estimate of drug-likeness (QED) is 0.736. The Morgan fingerprint density at radius 1 is 1.69 bits per heavy atom. The fourth-order valence-electron chi connectivity index (χ4n) is 1.22. The Morgan fingerprint density at radius 2 is 2.38 bits per heavy atom. The summed E-state index contributed by atoms with van der Waals surface area (Å²) in [6.07, 6.45) is 0. The average Bonchev–Trinajstić information content (AvgIpc) is 2.16. The van der Waals surface area contributed by atoms with Gasteiger partial charge in [-0.15, -0.1) is 0 Å². The van der Waals surface area contributed by atoms with Crippen LogP contribution in [0.4, 0.5) is 5.82 Å². The number of carboxylic acids is 1. The van der Waals surface area contributed by atoms with E-state index in [1.54, 1.807) is 19.9 Å². The molecule has 1 rings (SSSR count). The number of aryl methyl sites for hydroxylation is 2. The maximum atomic E-state index is 10.2. The van der Waals surface area contributed by atoms with Crippen molar-refractivity contribution in [3.05, 3.63) is 22.9 Å². The molecule has 1 heterocycles. The van der Waals surface area contributed by atoms with E-state index in [1.807, 2.05) is 6.07 Å². The molecule has 0 aromatic carbocycles. The van der Waals surface area contributed by atoms with Gasteiger partial charge in [0.05, 0.1) is 5.56 Å². The summed E-state index contributed by atoms with van der Waals surface area (Å²) in [6, 6.07) is 3.74. The molecule has 0 spiro atoms. The lowest BCUT2D eigenvalue weighted by molar-refractivity contribution is -0.141. The highest BCUT2D eigenvalue weighted by molar-refractivity contribution is 5.68. The number of hydrogen-bond donors (Lipinski definition) is 2. The van der Waals surface area contributed by atoms with Crippen molar-refractivity contribution in [3.8, 4) is 6.07 Å². The number of nitrogens with zero attached hydrogens (tertiary/aromatic N) is 2. The van der Waals surface area contributed by atoms with E-state index in [0.29, 0.717) is 5.56 Å². The molecular formula is C10H11N3O3. The van der Waals surface area contributed by atoms with Gasteiger partial charge in [-0.1, -0.05) is 0 Å². The molecule has 0 saturated heterocycles. The van der Waals surface area contributed by atoms with Gasteiger partial charge in [-0.2, -0.15) is 5.26 Å². The van der Waals surface area contributed by atoms with E-state index in [4.69, 9.17) is 10.4 Å². The Labute approximate surface area is 92.4 Å². The first-order valence-electron chi connectivity index (χ1n) is 4.52. The van der Waals surface area contributed by atoms with E-state index in [-0.39, 0.29) is 5.82 Å². The molecule has 6 nitrogen and oxygen atoms in total. The van der Waals surface area contributed by atoms with Gasteiger partial charge in [0.2, 0.25) is 0 Å². The fourth-order valence-corrected chi connectivity index (χ4v) is 1.22. The molecule has 0 aliphatic carbocycles. The maximum absolute atomic E-state index is 10.2. The molecule has 0 amide bonds. The smallest absolute Gasteiger partial charge is 0.332 e. The van der Waals surface area contributed by atoms with E-state index in [0.717, 1.165) is 11.3 Å². The molecule has 1 aromatic rings. The summed E-state index contributed by atoms with van der Waals surface area (Å²) in [7, 11) is 0. The van der Waals surface area contributed by atoms with Gasteiger partial charge in [0.15, 0.2) is 12.4 Å². The zero-order valence-corrected chi connectivity index (χ0v) is 8.94. The van der Waals surface area contributed by atoms with Crippen LogP contribution in [0.5, 0.6) is 0 Å². The zero-order valence-electron chi connectivity index (χ0n) is 8.94. The molecule has 84 valence electrons. The predicted molar refractivity (Wildman–Crippen MR) is 55.6 cm³/mol. The molecule has 1 aromatic heterocycles. The summed E-state index contributed by atoms with van der Waals surface area (Å²) in [6.45, 7) is 3.05. The van der Waals surface area contributed by atoms with Crippen LogP contribution < -0.4 is 5.48 Å². The van der Waals surface area contributed by atoms with Crippen molar-refractivity contribution in [1.82, 2.24) is 4.98 Å². The van der Waals surface area contributed by atoms with Crippen molar-refractivity contribution >= 4 is 11.8 Å². The van der Waals surface area contributed by atoms with Gasteiger partial charge in [-0.25, -0.2) is 15.3 Å². The standard InChI is InChI=1S/C10H11N3O3/c1-6-3-7(2)12-10(8(6)4-11)13-16-5-9(14)15/h3H,5H2,1-2H3,(H,12,13)(H,14,15). The average molecular weight is 221 g/mol. The van der Waals surface area contributed by atoms with Crippen LogP contribution in [0.2, 0.25) is 0 Å². The van der Waals surface area contributed by atoms with Crippen LogP contribution in [-0.2, 0) is 9.63 Å². The second-order valence-corrected chi connectivity index (χ2v) is 3.20. The first-order valence-corrected chi connectivity index (χ1v) is 4.52. The van der Waals surface area contributed by atoms with Crippen molar-refractivity contribution in [1.29, 1.82) is 5.26 Å². The molecule has 0 fully saturated rings. The van der Waals surface area contributed by atoms with Crippen LogP contribution in [-0.4, -0.2) is 22.7 Å². The molecule has 0 unspecified atom stereocenters. The first-order chi connectivity index (χ1) is 7.54.